The minimum absolute atomic E-state index is 0.0313. The molecule has 7 heteroatoms. The van der Waals surface area contributed by atoms with E-state index in [1.54, 1.807) is 0 Å². The second kappa shape index (κ2) is 7.26. The molecule has 0 aromatic carbocycles. The van der Waals surface area contributed by atoms with Crippen LogP contribution < -0.4 is 5.32 Å². The van der Waals surface area contributed by atoms with E-state index >= 15 is 0 Å². The van der Waals surface area contributed by atoms with Gasteiger partial charge in [-0.15, -0.1) is 0 Å². The van der Waals surface area contributed by atoms with Gasteiger partial charge in [-0.05, 0) is 33.1 Å². The summed E-state index contributed by atoms with van der Waals surface area (Å²) in [6, 6.07) is -0.0313. The Hall–Kier alpha value is -1.08. The lowest BCUT2D eigenvalue weighted by atomic mass is 10.2. The summed E-state index contributed by atoms with van der Waals surface area (Å²) in [5, 5.41) is 3.30. The molecule has 1 aliphatic heterocycles. The van der Waals surface area contributed by atoms with Crippen LogP contribution in [0.2, 0.25) is 0 Å². The molecule has 21 heavy (non-hydrogen) atoms. The van der Waals surface area contributed by atoms with E-state index in [4.69, 9.17) is 4.74 Å². The van der Waals surface area contributed by atoms with Crippen LogP contribution in [-0.2, 0) is 21.1 Å². The molecule has 0 amide bonds. The largest absolute Gasteiger partial charge is 0.382 e. The summed E-state index contributed by atoms with van der Waals surface area (Å²) in [7, 11) is -2.90. The molecule has 1 aliphatic rings. The van der Waals surface area contributed by atoms with E-state index in [-0.39, 0.29) is 11.8 Å². The number of nitrogens with zero attached hydrogens (tertiary/aromatic N) is 2. The highest BCUT2D eigenvalue weighted by Gasteiger charge is 2.25. The molecule has 6 nitrogen and oxygen atoms in total. The number of anilines is 1. The summed E-state index contributed by atoms with van der Waals surface area (Å²) in [6.07, 6.45) is 4.51. The van der Waals surface area contributed by atoms with E-state index in [2.05, 4.69) is 14.9 Å². The lowest BCUT2D eigenvalue weighted by molar-refractivity contribution is 0.142. The van der Waals surface area contributed by atoms with Gasteiger partial charge >= 0.3 is 0 Å². The Morgan fingerprint density at radius 2 is 2.33 bits per heavy atom. The van der Waals surface area contributed by atoms with Gasteiger partial charge in [-0.3, -0.25) is 0 Å². The maximum Gasteiger partial charge on any atom is 0.203 e. The highest BCUT2D eigenvalue weighted by atomic mass is 32.2. The van der Waals surface area contributed by atoms with Crippen molar-refractivity contribution in [2.75, 3.05) is 30.0 Å². The molecular weight excluding hydrogens is 290 g/mol. The Morgan fingerprint density at radius 1 is 1.52 bits per heavy atom. The second-order valence-corrected chi connectivity index (χ2v) is 7.78. The molecule has 2 heterocycles. The number of sulfone groups is 1. The van der Waals surface area contributed by atoms with Gasteiger partial charge in [-0.1, -0.05) is 0 Å². The first-order chi connectivity index (χ1) is 10.00. The van der Waals surface area contributed by atoms with Crippen molar-refractivity contribution in [2.45, 2.75) is 45.7 Å². The number of hydrogen-bond acceptors (Lipinski definition) is 5. The number of aryl methyl sites for hydroxylation is 2. The fourth-order valence-electron chi connectivity index (χ4n) is 2.63. The lowest BCUT2D eigenvalue weighted by Crippen LogP contribution is -2.35. The Morgan fingerprint density at radius 3 is 3.05 bits per heavy atom. The van der Waals surface area contributed by atoms with E-state index in [0.717, 1.165) is 50.7 Å². The third-order valence-corrected chi connectivity index (χ3v) is 5.41. The summed E-state index contributed by atoms with van der Waals surface area (Å²) in [5.41, 5.74) is 0.938. The highest BCUT2D eigenvalue weighted by Crippen LogP contribution is 2.18. The normalized spacial score (nSPS) is 21.3. The fourth-order valence-corrected chi connectivity index (χ4v) is 4.27. The predicted octanol–water partition coefficient (Wildman–Crippen LogP) is 1.61. The van der Waals surface area contributed by atoms with Crippen molar-refractivity contribution in [3.63, 3.8) is 0 Å². The van der Waals surface area contributed by atoms with Crippen molar-refractivity contribution in [3.8, 4) is 0 Å². The topological polar surface area (TPSA) is 73.2 Å². The fraction of sp³-hybridized carbons (Fsp3) is 0.786. The van der Waals surface area contributed by atoms with E-state index in [1.165, 1.54) is 0 Å². The standard InChI is InChI=1S/C14H25N3O3S/c1-3-20-8-5-7-17-10-12(2)15-14(17)16-13-6-4-9-21(18,19)11-13/h10,13H,3-9,11H2,1-2H3,(H,15,16). The molecule has 0 saturated carbocycles. The summed E-state index contributed by atoms with van der Waals surface area (Å²) in [5.74, 6) is 1.29. The molecule has 0 bridgehead atoms. The molecule has 0 radical (unpaired) electrons. The van der Waals surface area contributed by atoms with E-state index in [0.29, 0.717) is 5.75 Å². The highest BCUT2D eigenvalue weighted by molar-refractivity contribution is 7.91. The average Bonchev–Trinajstić information content (AvgIpc) is 2.74. The Balaban J connectivity index is 1.96. The smallest absolute Gasteiger partial charge is 0.203 e. The molecule has 1 N–H and O–H groups in total. The zero-order chi connectivity index (χ0) is 15.3. The first-order valence-electron chi connectivity index (χ1n) is 7.58. The molecule has 2 rings (SSSR count). The van der Waals surface area contributed by atoms with Crippen molar-refractivity contribution in [1.29, 1.82) is 0 Å². The minimum atomic E-state index is -2.90. The van der Waals surface area contributed by atoms with Gasteiger partial charge in [0.1, 0.15) is 0 Å². The maximum absolute atomic E-state index is 11.7. The molecule has 0 aliphatic carbocycles. The van der Waals surface area contributed by atoms with E-state index < -0.39 is 9.84 Å². The summed E-state index contributed by atoms with van der Waals surface area (Å²) in [4.78, 5) is 4.47. The summed E-state index contributed by atoms with van der Waals surface area (Å²) < 4.78 is 30.8. The van der Waals surface area contributed by atoms with Crippen LogP contribution in [0.4, 0.5) is 5.95 Å². The second-order valence-electron chi connectivity index (χ2n) is 5.55. The molecule has 1 saturated heterocycles. The van der Waals surface area contributed by atoms with Crippen molar-refractivity contribution in [3.05, 3.63) is 11.9 Å². The zero-order valence-corrected chi connectivity index (χ0v) is 13.7. The summed E-state index contributed by atoms with van der Waals surface area (Å²) in [6.45, 7) is 6.21. The van der Waals surface area contributed by atoms with E-state index in [9.17, 15) is 8.42 Å². The number of rotatable bonds is 7. The molecule has 0 spiro atoms. The number of ether oxygens (including phenoxy) is 1. The van der Waals surface area contributed by atoms with Crippen LogP contribution in [-0.4, -0.2) is 48.7 Å². The Kier molecular flexibility index (Phi) is 5.64. The third kappa shape index (κ3) is 5.00. The molecule has 1 fully saturated rings. The number of hydrogen-bond donors (Lipinski definition) is 1. The minimum Gasteiger partial charge on any atom is -0.382 e. The SMILES string of the molecule is CCOCCCn1cc(C)nc1NC1CCCS(=O)(=O)C1. The van der Waals surface area contributed by atoms with Gasteiger partial charge in [-0.2, -0.15) is 0 Å². The van der Waals surface area contributed by atoms with Gasteiger partial charge in [0.25, 0.3) is 0 Å². The van der Waals surface area contributed by atoms with Crippen LogP contribution in [0.3, 0.4) is 0 Å². The van der Waals surface area contributed by atoms with Crippen LogP contribution in [0.1, 0.15) is 31.9 Å². The van der Waals surface area contributed by atoms with Gasteiger partial charge in [0.05, 0.1) is 17.2 Å². The number of nitrogens with one attached hydrogen (secondary N) is 1. The molecular formula is C14H25N3O3S. The van der Waals surface area contributed by atoms with Crippen LogP contribution >= 0.6 is 0 Å². The van der Waals surface area contributed by atoms with E-state index in [1.807, 2.05) is 20.0 Å². The van der Waals surface area contributed by atoms with Crippen molar-refractivity contribution in [1.82, 2.24) is 9.55 Å². The van der Waals surface area contributed by atoms with Gasteiger partial charge in [-0.25, -0.2) is 13.4 Å². The molecule has 1 atom stereocenters. The lowest BCUT2D eigenvalue weighted by Gasteiger charge is -2.23. The Bertz CT molecular complexity index is 554. The maximum atomic E-state index is 11.7. The van der Waals surface area contributed by atoms with Crippen LogP contribution in [0.25, 0.3) is 0 Å². The third-order valence-electron chi connectivity index (χ3n) is 3.59. The van der Waals surface area contributed by atoms with Gasteiger partial charge < -0.3 is 14.6 Å². The van der Waals surface area contributed by atoms with Gasteiger partial charge in [0, 0.05) is 32.0 Å². The average molecular weight is 315 g/mol. The van der Waals surface area contributed by atoms with Crippen molar-refractivity contribution >= 4 is 15.8 Å². The quantitative estimate of drug-likeness (QED) is 0.774. The van der Waals surface area contributed by atoms with Crippen molar-refractivity contribution < 1.29 is 13.2 Å². The Labute approximate surface area is 126 Å². The monoisotopic (exact) mass is 315 g/mol. The number of imidazole rings is 1. The van der Waals surface area contributed by atoms with Gasteiger partial charge in [0.15, 0.2) is 9.84 Å². The molecule has 1 aromatic rings. The molecule has 1 unspecified atom stereocenters. The first-order valence-corrected chi connectivity index (χ1v) is 9.41. The molecule has 120 valence electrons. The molecule has 1 aromatic heterocycles. The van der Waals surface area contributed by atoms with Crippen molar-refractivity contribution in [2.24, 2.45) is 0 Å². The van der Waals surface area contributed by atoms with Crippen LogP contribution in [0.5, 0.6) is 0 Å². The van der Waals surface area contributed by atoms with Crippen LogP contribution in [0.15, 0.2) is 6.20 Å². The zero-order valence-electron chi connectivity index (χ0n) is 12.8. The summed E-state index contributed by atoms with van der Waals surface area (Å²) >= 11 is 0. The first kappa shape index (κ1) is 16.3. The number of aromatic nitrogens is 2. The predicted molar refractivity (Wildman–Crippen MR) is 83.4 cm³/mol. The van der Waals surface area contributed by atoms with Gasteiger partial charge in [0.2, 0.25) is 5.95 Å². The van der Waals surface area contributed by atoms with Crippen LogP contribution in [0, 0.1) is 6.92 Å².